The van der Waals surface area contributed by atoms with Gasteiger partial charge in [-0.2, -0.15) is 0 Å². The van der Waals surface area contributed by atoms with E-state index in [0.717, 1.165) is 22.7 Å². The van der Waals surface area contributed by atoms with Gasteiger partial charge in [0.1, 0.15) is 0 Å². The first-order chi connectivity index (χ1) is 47.6. The van der Waals surface area contributed by atoms with E-state index in [4.69, 9.17) is 0 Å². The van der Waals surface area contributed by atoms with Crippen LogP contribution >= 0.6 is 0 Å². The first kappa shape index (κ1) is 60.9. The Morgan fingerprint density at radius 3 is 1.29 bits per heavy atom. The quantitative estimate of drug-likeness (QED) is 0.0691. The molecule has 4 aliphatic rings. The predicted molar refractivity (Wildman–Crippen MR) is 412 cm³/mol. The SMILES string of the molecule is CCCCCCCCC1(CCCCCCCC)c2cc(C)ccc2-c2ccc(-c3ccc4c(c3)c3cc(C)ccc3n4-c3ccc(-c4ccc(N(c5ccc6c(c5)C(C)(C)c5ccccc5-6)c5ccc6c(c5)C5(c7ccccc7-c7ccccc75)c5ccccc5-6)cc4)cc3)cc21. The number of hydrogen-bond acceptors (Lipinski definition) is 1. The average Bonchev–Trinajstić information content (AvgIpc) is 1.51. The Labute approximate surface area is 575 Å². The molecular formula is C95H88N2. The number of benzene rings is 12. The fourth-order valence-corrected chi connectivity index (χ4v) is 18.6. The lowest BCUT2D eigenvalue weighted by atomic mass is 9.70. The first-order valence-electron chi connectivity index (χ1n) is 36.6. The van der Waals surface area contributed by atoms with Gasteiger partial charge in [0.25, 0.3) is 0 Å². The van der Waals surface area contributed by atoms with Gasteiger partial charge in [0.2, 0.25) is 0 Å². The smallest absolute Gasteiger partial charge is 0.0726 e. The Morgan fingerprint density at radius 2 is 0.691 bits per heavy atom. The number of unbranched alkanes of at least 4 members (excludes halogenated alkanes) is 10. The van der Waals surface area contributed by atoms with Gasteiger partial charge >= 0.3 is 0 Å². The third kappa shape index (κ3) is 9.77. The second-order valence-electron chi connectivity index (χ2n) is 29.5. The molecule has 2 nitrogen and oxygen atoms in total. The van der Waals surface area contributed by atoms with Gasteiger partial charge in [-0.3, -0.25) is 0 Å². The molecule has 0 saturated carbocycles. The standard InChI is InChI=1S/C95H88N2/c1-7-9-11-13-15-25-55-94(56-26-16-14-12-10-8-2)88-58-64(4)35-49-78(88)79-50-41-68(60-89(79)94)67-42-54-92-82(59-67)81-57-63(3)36-53-91(81)97(92)70-45-39-66(40-46-70)65-37-43-69(44-38-65)96(71-47-51-77-73-27-17-21-31-83(73)93(5,6)87(77)61-71)72-48-52-80-76-30-20-24-34-86(76)95(90(80)62-72)84-32-22-18-28-74(84)75-29-19-23-33-85(75)95/h17-24,27-54,57-62H,7-16,25-26,55-56H2,1-6H3. The molecule has 478 valence electrons. The summed E-state index contributed by atoms with van der Waals surface area (Å²) in [5.74, 6) is 0. The van der Waals surface area contributed by atoms with Gasteiger partial charge in [-0.15, -0.1) is 0 Å². The van der Waals surface area contributed by atoms with Crippen LogP contribution in [0.15, 0.2) is 255 Å². The summed E-state index contributed by atoms with van der Waals surface area (Å²) in [6, 6.07) is 98.7. The lowest BCUT2D eigenvalue weighted by molar-refractivity contribution is 0.398. The first-order valence-corrected chi connectivity index (χ1v) is 36.6. The summed E-state index contributed by atoms with van der Waals surface area (Å²) in [5, 5.41) is 2.59. The van der Waals surface area contributed by atoms with E-state index in [1.807, 2.05) is 0 Å². The molecule has 4 aliphatic carbocycles. The second-order valence-corrected chi connectivity index (χ2v) is 29.5. The number of anilines is 3. The maximum Gasteiger partial charge on any atom is 0.0726 e. The molecule has 2 heteroatoms. The molecule has 0 atom stereocenters. The van der Waals surface area contributed by atoms with E-state index in [-0.39, 0.29) is 10.8 Å². The van der Waals surface area contributed by atoms with Crippen molar-refractivity contribution in [2.24, 2.45) is 0 Å². The molecule has 0 fully saturated rings. The molecule has 12 aromatic carbocycles. The highest BCUT2D eigenvalue weighted by Crippen LogP contribution is 2.64. The molecular weight excluding hydrogens is 1170 g/mol. The summed E-state index contributed by atoms with van der Waals surface area (Å²) < 4.78 is 2.49. The molecule has 0 bridgehead atoms. The van der Waals surface area contributed by atoms with Crippen molar-refractivity contribution in [3.8, 4) is 72.4 Å². The van der Waals surface area contributed by atoms with E-state index in [1.165, 1.54) is 223 Å². The second kappa shape index (κ2) is 24.4. The van der Waals surface area contributed by atoms with Crippen molar-refractivity contribution in [2.75, 3.05) is 4.90 Å². The monoisotopic (exact) mass is 1260 g/mol. The Hall–Kier alpha value is -9.76. The van der Waals surface area contributed by atoms with Gasteiger partial charge in [-0.1, -0.05) is 292 Å². The van der Waals surface area contributed by atoms with Crippen LogP contribution in [0.1, 0.15) is 173 Å². The molecule has 1 heterocycles. The summed E-state index contributed by atoms with van der Waals surface area (Å²) in [4.78, 5) is 2.51. The van der Waals surface area contributed by atoms with Crippen LogP contribution in [0, 0.1) is 13.8 Å². The average molecular weight is 1260 g/mol. The normalized spacial score (nSPS) is 14.3. The zero-order valence-corrected chi connectivity index (χ0v) is 57.5. The molecule has 97 heavy (non-hydrogen) atoms. The number of rotatable bonds is 20. The van der Waals surface area contributed by atoms with Crippen LogP contribution in [0.4, 0.5) is 17.1 Å². The zero-order chi connectivity index (χ0) is 65.6. The Morgan fingerprint density at radius 1 is 0.299 bits per heavy atom. The van der Waals surface area contributed by atoms with Crippen molar-refractivity contribution in [1.29, 1.82) is 0 Å². The van der Waals surface area contributed by atoms with Crippen LogP contribution in [-0.2, 0) is 16.2 Å². The maximum atomic E-state index is 2.63. The van der Waals surface area contributed by atoms with Crippen LogP contribution in [0.25, 0.3) is 94.3 Å². The Bertz CT molecular complexity index is 5120. The Kier molecular flexibility index (Phi) is 15.3. The third-order valence-electron chi connectivity index (χ3n) is 23.3. The molecule has 0 radical (unpaired) electrons. The van der Waals surface area contributed by atoms with Gasteiger partial charge in [-0.25, -0.2) is 0 Å². The fourth-order valence-electron chi connectivity index (χ4n) is 18.6. The number of aromatic nitrogens is 1. The summed E-state index contributed by atoms with van der Waals surface area (Å²) in [7, 11) is 0. The summed E-state index contributed by atoms with van der Waals surface area (Å²) >= 11 is 0. The van der Waals surface area contributed by atoms with Crippen LogP contribution in [0.5, 0.6) is 0 Å². The summed E-state index contributed by atoms with van der Waals surface area (Å²) in [6.45, 7) is 14.0. The lowest BCUT2D eigenvalue weighted by Crippen LogP contribution is -2.26. The summed E-state index contributed by atoms with van der Waals surface area (Å²) in [6.07, 6.45) is 18.3. The minimum Gasteiger partial charge on any atom is -0.310 e. The van der Waals surface area contributed by atoms with Crippen LogP contribution < -0.4 is 4.90 Å². The minimum absolute atomic E-state index is 0.0281. The van der Waals surface area contributed by atoms with Gasteiger partial charge in [-0.05, 0) is 217 Å². The minimum atomic E-state index is -0.455. The number of aryl methyl sites for hydroxylation is 2. The van der Waals surface area contributed by atoms with Crippen molar-refractivity contribution in [3.63, 3.8) is 0 Å². The van der Waals surface area contributed by atoms with Gasteiger partial charge in [0, 0.05) is 44.4 Å². The molecule has 0 N–H and O–H groups in total. The van der Waals surface area contributed by atoms with Gasteiger partial charge in [0.15, 0.2) is 0 Å². The maximum absolute atomic E-state index is 2.63. The highest BCUT2D eigenvalue weighted by molar-refractivity contribution is 6.11. The van der Waals surface area contributed by atoms with E-state index >= 15 is 0 Å². The molecule has 1 aromatic heterocycles. The molecule has 0 saturated heterocycles. The number of nitrogens with zero attached hydrogens (tertiary/aromatic N) is 2. The molecule has 0 unspecified atom stereocenters. The highest BCUT2D eigenvalue weighted by Gasteiger charge is 2.52. The van der Waals surface area contributed by atoms with Crippen LogP contribution in [-0.4, -0.2) is 4.57 Å². The largest absolute Gasteiger partial charge is 0.310 e. The van der Waals surface area contributed by atoms with Crippen molar-refractivity contribution < 1.29 is 0 Å². The van der Waals surface area contributed by atoms with Gasteiger partial charge < -0.3 is 9.47 Å². The highest BCUT2D eigenvalue weighted by atomic mass is 15.1. The topological polar surface area (TPSA) is 8.17 Å². The van der Waals surface area contributed by atoms with Crippen molar-refractivity contribution in [3.05, 3.63) is 310 Å². The van der Waals surface area contributed by atoms with Crippen molar-refractivity contribution in [1.82, 2.24) is 4.57 Å². The molecule has 0 amide bonds. The van der Waals surface area contributed by atoms with Crippen LogP contribution in [0.2, 0.25) is 0 Å². The van der Waals surface area contributed by atoms with Crippen LogP contribution in [0.3, 0.4) is 0 Å². The number of hydrogen-bond donors (Lipinski definition) is 0. The van der Waals surface area contributed by atoms with Crippen molar-refractivity contribution >= 4 is 38.9 Å². The van der Waals surface area contributed by atoms with E-state index in [1.54, 1.807) is 11.1 Å². The van der Waals surface area contributed by atoms with E-state index in [9.17, 15) is 0 Å². The molecule has 13 aromatic rings. The van der Waals surface area contributed by atoms with Gasteiger partial charge in [0.05, 0.1) is 16.4 Å². The molecule has 1 spiro atoms. The lowest BCUT2D eigenvalue weighted by Gasteiger charge is -2.33. The van der Waals surface area contributed by atoms with E-state index < -0.39 is 5.41 Å². The number of fused-ring (bicyclic) bond motifs is 19. The van der Waals surface area contributed by atoms with E-state index in [2.05, 4.69) is 306 Å². The molecule has 0 aliphatic heterocycles. The van der Waals surface area contributed by atoms with Crippen molar-refractivity contribution in [2.45, 2.75) is 148 Å². The molecule has 17 rings (SSSR count). The fraction of sp³-hybridized carbons (Fsp3) is 0.242. The predicted octanol–water partition coefficient (Wildman–Crippen LogP) is 26.6. The Balaban J connectivity index is 0.724. The van der Waals surface area contributed by atoms with E-state index in [0.29, 0.717) is 0 Å². The zero-order valence-electron chi connectivity index (χ0n) is 57.5. The third-order valence-corrected chi connectivity index (χ3v) is 23.3. The summed E-state index contributed by atoms with van der Waals surface area (Å²) in [5.41, 5.74) is 36.2.